The third kappa shape index (κ3) is 4.31. The van der Waals surface area contributed by atoms with E-state index in [-0.39, 0.29) is 12.6 Å². The molecule has 11 heteroatoms. The molecule has 2 atom stereocenters. The van der Waals surface area contributed by atoms with Crippen molar-refractivity contribution >= 4 is 23.0 Å². The van der Waals surface area contributed by atoms with Gasteiger partial charge in [-0.05, 0) is 42.7 Å². The standard InChI is InChI=1S/C24H24F3N5O3/c1-31-17-6-4-3-5-16(17)19-12-15(28-23(33)24(25,26)27)9-10-32(19)18-8-7-14(11-20(18)31)22-29-21(13-34-2)35-30-22/h3-8,11,15,19H,9-10,12-13H2,1-2H3,(H,28,33). The number of methoxy groups -OCH3 is 1. The number of fused-ring (bicyclic) bond motifs is 5. The summed E-state index contributed by atoms with van der Waals surface area (Å²) in [5.41, 5.74) is 4.55. The first kappa shape index (κ1) is 23.2. The number of hydrogen-bond acceptors (Lipinski definition) is 7. The SMILES string of the molecule is COCc1nc(-c2ccc3c(c2)N(C)c2ccccc2C2CC(NC(=O)C(F)(F)F)CCN32)no1. The number of nitrogens with one attached hydrogen (secondary N) is 1. The molecule has 0 aliphatic carbocycles. The molecule has 0 bridgehead atoms. The van der Waals surface area contributed by atoms with Crippen molar-refractivity contribution in [2.45, 2.75) is 37.7 Å². The van der Waals surface area contributed by atoms with E-state index >= 15 is 0 Å². The third-order valence-electron chi connectivity index (χ3n) is 6.49. The number of anilines is 3. The highest BCUT2D eigenvalue weighted by Gasteiger charge is 2.42. The maximum Gasteiger partial charge on any atom is 0.471 e. The predicted molar refractivity (Wildman–Crippen MR) is 122 cm³/mol. The van der Waals surface area contributed by atoms with E-state index in [9.17, 15) is 18.0 Å². The summed E-state index contributed by atoms with van der Waals surface area (Å²) in [5.74, 6) is -1.08. The van der Waals surface area contributed by atoms with Crippen LogP contribution in [0.4, 0.5) is 30.2 Å². The average Bonchev–Trinajstić information content (AvgIpc) is 3.28. The van der Waals surface area contributed by atoms with Gasteiger partial charge in [0.1, 0.15) is 6.61 Å². The number of halogens is 3. The van der Waals surface area contributed by atoms with Crippen LogP contribution in [0.15, 0.2) is 47.0 Å². The number of carbonyl (C=O) groups excluding carboxylic acids is 1. The third-order valence-corrected chi connectivity index (χ3v) is 6.49. The summed E-state index contributed by atoms with van der Waals surface area (Å²) in [7, 11) is 3.50. The molecule has 1 saturated heterocycles. The van der Waals surface area contributed by atoms with Gasteiger partial charge in [-0.2, -0.15) is 18.2 Å². The van der Waals surface area contributed by atoms with Crippen LogP contribution in [0.25, 0.3) is 11.4 Å². The minimum atomic E-state index is -4.90. The highest BCUT2D eigenvalue weighted by Crippen LogP contribution is 2.48. The van der Waals surface area contributed by atoms with Crippen molar-refractivity contribution in [3.05, 3.63) is 53.9 Å². The Kier molecular flexibility index (Phi) is 5.87. The summed E-state index contributed by atoms with van der Waals surface area (Å²) in [6.45, 7) is 0.703. The molecular formula is C24H24F3N5O3. The summed E-state index contributed by atoms with van der Waals surface area (Å²) in [5, 5.41) is 6.24. The van der Waals surface area contributed by atoms with Crippen molar-refractivity contribution in [2.75, 3.05) is 30.5 Å². The summed E-state index contributed by atoms with van der Waals surface area (Å²) < 4.78 is 48.9. The molecular weight excluding hydrogens is 463 g/mol. The fraction of sp³-hybridized carbons (Fsp3) is 0.375. The van der Waals surface area contributed by atoms with Crippen molar-refractivity contribution in [1.29, 1.82) is 0 Å². The summed E-state index contributed by atoms with van der Waals surface area (Å²) in [6.07, 6.45) is -4.14. The average molecular weight is 487 g/mol. The van der Waals surface area contributed by atoms with Gasteiger partial charge in [-0.3, -0.25) is 4.79 Å². The molecule has 2 aliphatic heterocycles. The number of hydrogen-bond donors (Lipinski definition) is 1. The number of para-hydroxylation sites is 1. The highest BCUT2D eigenvalue weighted by molar-refractivity contribution is 5.85. The van der Waals surface area contributed by atoms with Crippen LogP contribution in [0.3, 0.4) is 0 Å². The number of carbonyl (C=O) groups is 1. The number of alkyl halides is 3. The van der Waals surface area contributed by atoms with Crippen molar-refractivity contribution < 1.29 is 27.2 Å². The van der Waals surface area contributed by atoms with Crippen LogP contribution in [-0.4, -0.2) is 49.0 Å². The first-order chi connectivity index (χ1) is 16.8. The maximum atomic E-state index is 12.9. The van der Waals surface area contributed by atoms with Crippen LogP contribution in [0.5, 0.6) is 0 Å². The number of aromatic nitrogens is 2. The van der Waals surface area contributed by atoms with E-state index in [1.165, 1.54) is 0 Å². The highest BCUT2D eigenvalue weighted by atomic mass is 19.4. The minimum Gasteiger partial charge on any atom is -0.375 e. The normalized spacial score (nSPS) is 19.5. The van der Waals surface area contributed by atoms with Gasteiger partial charge in [-0.1, -0.05) is 23.4 Å². The van der Waals surface area contributed by atoms with E-state index in [0.29, 0.717) is 31.1 Å². The van der Waals surface area contributed by atoms with Gasteiger partial charge in [0, 0.05) is 38.0 Å². The Morgan fingerprint density at radius 2 is 2.00 bits per heavy atom. The quantitative estimate of drug-likeness (QED) is 0.586. The lowest BCUT2D eigenvalue weighted by molar-refractivity contribution is -0.174. The molecule has 0 spiro atoms. The molecule has 0 saturated carbocycles. The molecule has 2 unspecified atom stereocenters. The van der Waals surface area contributed by atoms with Crippen molar-refractivity contribution in [3.8, 4) is 11.4 Å². The van der Waals surface area contributed by atoms with Gasteiger partial charge in [0.15, 0.2) is 0 Å². The lowest BCUT2D eigenvalue weighted by Crippen LogP contribution is -2.49. The monoisotopic (exact) mass is 487 g/mol. The molecule has 0 radical (unpaired) electrons. The zero-order chi connectivity index (χ0) is 24.7. The number of nitrogens with zero attached hydrogens (tertiary/aromatic N) is 4. The summed E-state index contributed by atoms with van der Waals surface area (Å²) in [4.78, 5) is 20.2. The van der Waals surface area contributed by atoms with Gasteiger partial charge in [0.05, 0.1) is 17.4 Å². The number of benzene rings is 2. The van der Waals surface area contributed by atoms with Crippen molar-refractivity contribution in [3.63, 3.8) is 0 Å². The Morgan fingerprint density at radius 3 is 2.77 bits per heavy atom. The predicted octanol–water partition coefficient (Wildman–Crippen LogP) is 4.35. The maximum absolute atomic E-state index is 12.9. The van der Waals surface area contributed by atoms with Gasteiger partial charge < -0.3 is 24.4 Å². The first-order valence-corrected chi connectivity index (χ1v) is 11.2. The second-order valence-corrected chi connectivity index (χ2v) is 8.67. The Hall–Kier alpha value is -3.60. The zero-order valence-electron chi connectivity index (χ0n) is 19.2. The molecule has 184 valence electrons. The van der Waals surface area contributed by atoms with E-state index in [1.54, 1.807) is 7.11 Å². The van der Waals surface area contributed by atoms with E-state index in [2.05, 4.69) is 25.3 Å². The van der Waals surface area contributed by atoms with Crippen LogP contribution in [-0.2, 0) is 16.1 Å². The lowest BCUT2D eigenvalue weighted by Gasteiger charge is -2.41. The molecule has 2 aromatic carbocycles. The van der Waals surface area contributed by atoms with Crippen molar-refractivity contribution in [1.82, 2.24) is 15.5 Å². The molecule has 1 N–H and O–H groups in total. The van der Waals surface area contributed by atoms with Crippen LogP contribution >= 0.6 is 0 Å². The van der Waals surface area contributed by atoms with Gasteiger partial charge in [-0.25, -0.2) is 0 Å². The molecule has 1 aromatic heterocycles. The lowest BCUT2D eigenvalue weighted by atomic mass is 9.90. The summed E-state index contributed by atoms with van der Waals surface area (Å²) in [6, 6.07) is 12.9. The molecule has 3 aromatic rings. The fourth-order valence-corrected chi connectivity index (χ4v) is 4.88. The van der Waals surface area contributed by atoms with E-state index < -0.39 is 18.1 Å². The molecule has 1 fully saturated rings. The van der Waals surface area contributed by atoms with Crippen LogP contribution < -0.4 is 15.1 Å². The van der Waals surface area contributed by atoms with Gasteiger partial charge in [-0.15, -0.1) is 0 Å². The Balaban J connectivity index is 1.52. The van der Waals surface area contributed by atoms with Crippen molar-refractivity contribution in [2.24, 2.45) is 0 Å². The fourth-order valence-electron chi connectivity index (χ4n) is 4.88. The van der Waals surface area contributed by atoms with Crippen LogP contribution in [0, 0.1) is 0 Å². The van der Waals surface area contributed by atoms with E-state index in [1.807, 2.05) is 49.5 Å². The topological polar surface area (TPSA) is 83.7 Å². The minimum absolute atomic E-state index is 0.202. The van der Waals surface area contributed by atoms with Gasteiger partial charge in [0.2, 0.25) is 5.82 Å². The largest absolute Gasteiger partial charge is 0.471 e. The molecule has 2 aliphatic rings. The number of rotatable bonds is 4. The van der Waals surface area contributed by atoms with E-state index in [0.717, 1.165) is 28.2 Å². The Labute approximate surface area is 199 Å². The molecule has 3 heterocycles. The first-order valence-electron chi connectivity index (χ1n) is 11.2. The van der Waals surface area contributed by atoms with Gasteiger partial charge >= 0.3 is 12.1 Å². The Morgan fingerprint density at radius 1 is 1.20 bits per heavy atom. The van der Waals surface area contributed by atoms with Crippen LogP contribution in [0.1, 0.15) is 30.3 Å². The smallest absolute Gasteiger partial charge is 0.375 e. The van der Waals surface area contributed by atoms with Gasteiger partial charge in [0.25, 0.3) is 5.89 Å². The van der Waals surface area contributed by atoms with Crippen LogP contribution in [0.2, 0.25) is 0 Å². The molecule has 5 rings (SSSR count). The zero-order valence-corrected chi connectivity index (χ0v) is 19.2. The molecule has 8 nitrogen and oxygen atoms in total. The number of amides is 1. The van der Waals surface area contributed by atoms with E-state index in [4.69, 9.17) is 9.26 Å². The second-order valence-electron chi connectivity index (χ2n) is 8.67. The second kappa shape index (κ2) is 8.88. The molecule has 35 heavy (non-hydrogen) atoms. The number of ether oxygens (including phenoxy) is 1. The summed E-state index contributed by atoms with van der Waals surface area (Å²) >= 11 is 0. The molecule has 1 amide bonds. The Bertz CT molecular complexity index is 1250. The number of piperidine rings is 1.